The lowest BCUT2D eigenvalue weighted by Crippen LogP contribution is -2.55. The molecular formula is C18H34N2O. The topological polar surface area (TPSA) is 35.5 Å². The average molecular weight is 294 g/mol. The molecule has 3 aliphatic rings. The standard InChI is InChI=1S/C18H34N2O/c1-2-19-14-17(8-5-6-9-17)15-20-12-11-18(21)10-4-3-7-16(18)13-20/h16,19,21H,2-15H2,1H3. The van der Waals surface area contributed by atoms with Crippen molar-refractivity contribution in [1.82, 2.24) is 10.2 Å². The molecule has 3 fully saturated rings. The minimum Gasteiger partial charge on any atom is -0.390 e. The van der Waals surface area contributed by atoms with Gasteiger partial charge in [0.15, 0.2) is 0 Å². The summed E-state index contributed by atoms with van der Waals surface area (Å²) < 4.78 is 0. The highest BCUT2D eigenvalue weighted by molar-refractivity contribution is 4.98. The smallest absolute Gasteiger partial charge is 0.0700 e. The third-order valence-electron chi connectivity index (χ3n) is 6.48. The van der Waals surface area contributed by atoms with Crippen molar-refractivity contribution in [3.05, 3.63) is 0 Å². The number of hydrogen-bond acceptors (Lipinski definition) is 3. The second kappa shape index (κ2) is 6.55. The summed E-state index contributed by atoms with van der Waals surface area (Å²) >= 11 is 0. The first-order valence-corrected chi connectivity index (χ1v) is 9.31. The number of fused-ring (bicyclic) bond motifs is 1. The van der Waals surface area contributed by atoms with Gasteiger partial charge in [-0.25, -0.2) is 0 Å². The van der Waals surface area contributed by atoms with Gasteiger partial charge in [-0.1, -0.05) is 32.6 Å². The van der Waals surface area contributed by atoms with E-state index in [0.29, 0.717) is 11.3 Å². The fourth-order valence-corrected chi connectivity index (χ4v) is 5.16. The Labute approximate surface area is 130 Å². The van der Waals surface area contributed by atoms with E-state index in [4.69, 9.17) is 0 Å². The van der Waals surface area contributed by atoms with Crippen LogP contribution in [0.3, 0.4) is 0 Å². The minimum absolute atomic E-state index is 0.320. The lowest BCUT2D eigenvalue weighted by molar-refractivity contribution is -0.100. The molecule has 0 aromatic rings. The van der Waals surface area contributed by atoms with Crippen LogP contribution < -0.4 is 5.32 Å². The Kier molecular flexibility index (Phi) is 4.92. The van der Waals surface area contributed by atoms with Gasteiger partial charge in [-0.05, 0) is 44.1 Å². The lowest BCUT2D eigenvalue weighted by atomic mass is 9.71. The molecule has 1 saturated heterocycles. The number of piperidine rings is 1. The molecule has 122 valence electrons. The first-order chi connectivity index (χ1) is 10.2. The molecule has 0 amide bonds. The first kappa shape index (κ1) is 15.8. The monoisotopic (exact) mass is 294 g/mol. The van der Waals surface area contributed by atoms with Gasteiger partial charge in [0, 0.05) is 32.1 Å². The van der Waals surface area contributed by atoms with E-state index in [2.05, 4.69) is 17.1 Å². The molecule has 0 aromatic carbocycles. The Morgan fingerprint density at radius 3 is 2.62 bits per heavy atom. The van der Waals surface area contributed by atoms with Crippen LogP contribution in [-0.4, -0.2) is 48.3 Å². The van der Waals surface area contributed by atoms with E-state index in [9.17, 15) is 5.11 Å². The Hall–Kier alpha value is -0.120. The molecule has 0 aromatic heterocycles. The second-order valence-corrected chi connectivity index (χ2v) is 8.02. The molecule has 3 heteroatoms. The SMILES string of the molecule is CCNCC1(CN2CCC3(O)CCCCC3C2)CCCC1. The van der Waals surface area contributed by atoms with Crippen LogP contribution in [0.1, 0.15) is 64.7 Å². The van der Waals surface area contributed by atoms with Crippen molar-refractivity contribution in [2.24, 2.45) is 11.3 Å². The summed E-state index contributed by atoms with van der Waals surface area (Å²) in [5, 5.41) is 14.4. The summed E-state index contributed by atoms with van der Waals surface area (Å²) in [6, 6.07) is 0. The third-order valence-corrected chi connectivity index (χ3v) is 6.48. The molecule has 0 spiro atoms. The van der Waals surface area contributed by atoms with E-state index in [0.717, 1.165) is 32.5 Å². The third kappa shape index (κ3) is 3.46. The van der Waals surface area contributed by atoms with Gasteiger partial charge in [0.1, 0.15) is 0 Å². The molecule has 2 N–H and O–H groups in total. The largest absolute Gasteiger partial charge is 0.390 e. The predicted molar refractivity (Wildman–Crippen MR) is 87.4 cm³/mol. The van der Waals surface area contributed by atoms with Crippen molar-refractivity contribution in [2.75, 3.05) is 32.7 Å². The van der Waals surface area contributed by atoms with Crippen molar-refractivity contribution < 1.29 is 5.11 Å². The van der Waals surface area contributed by atoms with Crippen molar-refractivity contribution in [3.63, 3.8) is 0 Å². The van der Waals surface area contributed by atoms with E-state index >= 15 is 0 Å². The Morgan fingerprint density at radius 2 is 1.86 bits per heavy atom. The average Bonchev–Trinajstić information content (AvgIpc) is 2.94. The zero-order valence-electron chi connectivity index (χ0n) is 13.9. The predicted octanol–water partition coefficient (Wildman–Crippen LogP) is 2.78. The van der Waals surface area contributed by atoms with Crippen LogP contribution in [0.2, 0.25) is 0 Å². The highest BCUT2D eigenvalue weighted by Gasteiger charge is 2.44. The van der Waals surface area contributed by atoms with Crippen LogP contribution in [0.4, 0.5) is 0 Å². The zero-order chi connectivity index (χ0) is 14.8. The maximum absolute atomic E-state index is 10.8. The van der Waals surface area contributed by atoms with E-state index < -0.39 is 0 Å². The molecule has 2 atom stereocenters. The summed E-state index contributed by atoms with van der Waals surface area (Å²) in [4.78, 5) is 2.69. The van der Waals surface area contributed by atoms with Crippen LogP contribution in [0, 0.1) is 11.3 Å². The van der Waals surface area contributed by atoms with Crippen molar-refractivity contribution >= 4 is 0 Å². The number of hydrogen-bond donors (Lipinski definition) is 2. The Bertz CT molecular complexity index is 340. The quantitative estimate of drug-likeness (QED) is 0.818. The number of nitrogens with one attached hydrogen (secondary N) is 1. The maximum Gasteiger partial charge on any atom is 0.0700 e. The number of likely N-dealkylation sites (tertiary alicyclic amines) is 1. The van der Waals surface area contributed by atoms with Crippen molar-refractivity contribution in [1.29, 1.82) is 0 Å². The number of nitrogens with zero attached hydrogens (tertiary/aromatic N) is 1. The van der Waals surface area contributed by atoms with Crippen molar-refractivity contribution in [3.8, 4) is 0 Å². The van der Waals surface area contributed by atoms with Gasteiger partial charge in [0.2, 0.25) is 0 Å². The van der Waals surface area contributed by atoms with Gasteiger partial charge < -0.3 is 15.3 Å². The Balaban J connectivity index is 1.59. The summed E-state index contributed by atoms with van der Waals surface area (Å²) in [6.45, 7) is 8.00. The highest BCUT2D eigenvalue weighted by Crippen LogP contribution is 2.43. The second-order valence-electron chi connectivity index (χ2n) is 8.02. The molecular weight excluding hydrogens is 260 g/mol. The van der Waals surface area contributed by atoms with Gasteiger partial charge >= 0.3 is 0 Å². The van der Waals surface area contributed by atoms with Gasteiger partial charge in [-0.3, -0.25) is 0 Å². The van der Waals surface area contributed by atoms with Crippen molar-refractivity contribution in [2.45, 2.75) is 70.3 Å². The molecule has 3 rings (SSSR count). The Morgan fingerprint density at radius 1 is 1.10 bits per heavy atom. The molecule has 1 heterocycles. The summed E-state index contributed by atoms with van der Waals surface area (Å²) in [7, 11) is 0. The number of aliphatic hydroxyl groups is 1. The van der Waals surface area contributed by atoms with Gasteiger partial charge in [0.05, 0.1) is 5.60 Å². The van der Waals surface area contributed by atoms with E-state index in [1.165, 1.54) is 58.0 Å². The van der Waals surface area contributed by atoms with Crippen LogP contribution >= 0.6 is 0 Å². The van der Waals surface area contributed by atoms with Gasteiger partial charge in [0.25, 0.3) is 0 Å². The molecule has 2 saturated carbocycles. The van der Waals surface area contributed by atoms with Gasteiger partial charge in [-0.2, -0.15) is 0 Å². The summed E-state index contributed by atoms with van der Waals surface area (Å²) in [5.41, 5.74) is 0.194. The van der Waals surface area contributed by atoms with E-state index in [-0.39, 0.29) is 5.60 Å². The number of rotatable bonds is 5. The van der Waals surface area contributed by atoms with Crippen LogP contribution in [0.25, 0.3) is 0 Å². The fraction of sp³-hybridized carbons (Fsp3) is 1.00. The zero-order valence-corrected chi connectivity index (χ0v) is 13.9. The molecule has 1 aliphatic heterocycles. The molecule has 21 heavy (non-hydrogen) atoms. The fourth-order valence-electron chi connectivity index (χ4n) is 5.16. The molecule has 2 unspecified atom stereocenters. The van der Waals surface area contributed by atoms with Gasteiger partial charge in [-0.15, -0.1) is 0 Å². The molecule has 3 nitrogen and oxygen atoms in total. The summed E-state index contributed by atoms with van der Waals surface area (Å²) in [5.74, 6) is 0.539. The van der Waals surface area contributed by atoms with Crippen LogP contribution in [-0.2, 0) is 0 Å². The van der Waals surface area contributed by atoms with Crippen LogP contribution in [0.5, 0.6) is 0 Å². The summed E-state index contributed by atoms with van der Waals surface area (Å²) in [6.07, 6.45) is 11.5. The molecule has 0 radical (unpaired) electrons. The highest BCUT2D eigenvalue weighted by atomic mass is 16.3. The first-order valence-electron chi connectivity index (χ1n) is 9.31. The molecule has 0 bridgehead atoms. The lowest BCUT2D eigenvalue weighted by Gasteiger charge is -2.49. The minimum atomic E-state index is -0.320. The van der Waals surface area contributed by atoms with Crippen LogP contribution in [0.15, 0.2) is 0 Å². The maximum atomic E-state index is 10.8. The van der Waals surface area contributed by atoms with E-state index in [1.54, 1.807) is 0 Å². The van der Waals surface area contributed by atoms with E-state index in [1.807, 2.05) is 0 Å². The molecule has 2 aliphatic carbocycles. The normalized spacial score (nSPS) is 36.6.